The lowest BCUT2D eigenvalue weighted by Gasteiger charge is -2.14. The molecule has 0 aliphatic heterocycles. The fourth-order valence-electron chi connectivity index (χ4n) is 2.85. The van der Waals surface area contributed by atoms with Crippen molar-refractivity contribution in [2.24, 2.45) is 0 Å². The Bertz CT molecular complexity index is 1160. The summed E-state index contributed by atoms with van der Waals surface area (Å²) in [5, 5.41) is 12.0. The van der Waals surface area contributed by atoms with Crippen LogP contribution in [0.25, 0.3) is 6.08 Å². The highest BCUT2D eigenvalue weighted by Gasteiger charge is 2.16. The summed E-state index contributed by atoms with van der Waals surface area (Å²) in [6.45, 7) is 0.342. The summed E-state index contributed by atoms with van der Waals surface area (Å²) < 4.78 is 13.1. The van der Waals surface area contributed by atoms with E-state index in [4.69, 9.17) is 9.47 Å². The molecule has 8 heteroatoms. The molecule has 0 fully saturated rings. The lowest BCUT2D eigenvalue weighted by molar-refractivity contribution is -0.132. The zero-order chi connectivity index (χ0) is 23.1. The Balaban J connectivity index is 1.84. The molecule has 0 saturated carbocycles. The van der Waals surface area contributed by atoms with Gasteiger partial charge in [-0.15, -0.1) is 0 Å². The number of nitrogens with one attached hydrogen (secondary N) is 1. The number of carbonyl (C=O) groups is 2. The van der Waals surface area contributed by atoms with Crippen molar-refractivity contribution in [1.82, 2.24) is 5.32 Å². The first kappa shape index (κ1) is 23.8. The summed E-state index contributed by atoms with van der Waals surface area (Å²) in [6.07, 6.45) is 1.36. The van der Waals surface area contributed by atoms with Gasteiger partial charge >= 0.3 is 5.97 Å². The highest BCUT2D eigenvalue weighted by molar-refractivity contribution is 14.1. The molecule has 3 aromatic carbocycles. The number of amides is 1. The van der Waals surface area contributed by atoms with Crippen LogP contribution >= 0.6 is 38.5 Å². The van der Waals surface area contributed by atoms with Gasteiger partial charge in [0.05, 0.1) is 11.6 Å². The average molecular weight is 608 g/mol. The molecule has 6 nitrogen and oxygen atoms in total. The molecule has 3 rings (SSSR count). The number of benzene rings is 3. The van der Waals surface area contributed by atoms with Crippen LogP contribution in [0.1, 0.15) is 21.5 Å². The number of rotatable bonds is 8. The van der Waals surface area contributed by atoms with Gasteiger partial charge in [-0.2, -0.15) is 0 Å². The SMILES string of the molecule is COc1cc(/C=C(/NC(=O)c2ccccc2)C(=O)O)cc(Br)c1OCc1cccc(I)c1. The normalized spacial score (nSPS) is 11.0. The highest BCUT2D eigenvalue weighted by atomic mass is 127. The van der Waals surface area contributed by atoms with E-state index in [0.29, 0.717) is 33.7 Å². The second-order valence-corrected chi connectivity index (χ2v) is 8.74. The van der Waals surface area contributed by atoms with Crippen LogP contribution in [-0.4, -0.2) is 24.1 Å². The molecule has 0 heterocycles. The maximum atomic E-state index is 12.4. The Morgan fingerprint density at radius 1 is 1.09 bits per heavy atom. The van der Waals surface area contributed by atoms with Crippen LogP contribution in [0.4, 0.5) is 0 Å². The summed E-state index contributed by atoms with van der Waals surface area (Å²) in [7, 11) is 1.50. The summed E-state index contributed by atoms with van der Waals surface area (Å²) in [5.74, 6) is -0.852. The summed E-state index contributed by atoms with van der Waals surface area (Å²) in [6, 6.07) is 19.7. The van der Waals surface area contributed by atoms with Crippen molar-refractivity contribution >= 4 is 56.5 Å². The third kappa shape index (κ3) is 6.33. The van der Waals surface area contributed by atoms with E-state index >= 15 is 0 Å². The largest absolute Gasteiger partial charge is 0.493 e. The van der Waals surface area contributed by atoms with Crippen molar-refractivity contribution in [3.8, 4) is 11.5 Å². The first-order chi connectivity index (χ1) is 15.4. The van der Waals surface area contributed by atoms with Gasteiger partial charge in [0.1, 0.15) is 12.3 Å². The van der Waals surface area contributed by atoms with Crippen molar-refractivity contribution in [3.05, 3.63) is 97.2 Å². The molecule has 0 bridgehead atoms. The number of halogens is 2. The molecule has 2 N–H and O–H groups in total. The molecule has 0 spiro atoms. The second kappa shape index (κ2) is 11.1. The zero-order valence-corrected chi connectivity index (χ0v) is 20.7. The van der Waals surface area contributed by atoms with Crippen LogP contribution in [0, 0.1) is 3.57 Å². The number of hydrogen-bond donors (Lipinski definition) is 2. The Labute approximate surface area is 207 Å². The lowest BCUT2D eigenvalue weighted by Crippen LogP contribution is -2.27. The summed E-state index contributed by atoms with van der Waals surface area (Å²) >= 11 is 5.71. The van der Waals surface area contributed by atoms with Crippen LogP contribution in [0.5, 0.6) is 11.5 Å². The molecule has 1 amide bonds. The van der Waals surface area contributed by atoms with E-state index in [-0.39, 0.29) is 5.70 Å². The molecule has 32 heavy (non-hydrogen) atoms. The van der Waals surface area contributed by atoms with E-state index in [1.54, 1.807) is 42.5 Å². The predicted octanol–water partition coefficient (Wildman–Crippen LogP) is 5.50. The summed E-state index contributed by atoms with van der Waals surface area (Å²) in [5.41, 5.74) is 1.62. The second-order valence-electron chi connectivity index (χ2n) is 6.64. The zero-order valence-electron chi connectivity index (χ0n) is 17.0. The van der Waals surface area contributed by atoms with Gasteiger partial charge in [-0.25, -0.2) is 4.79 Å². The first-order valence-corrected chi connectivity index (χ1v) is 11.3. The van der Waals surface area contributed by atoms with Gasteiger partial charge in [-0.05, 0) is 92.1 Å². The fourth-order valence-corrected chi connectivity index (χ4v) is 4.03. The Morgan fingerprint density at radius 3 is 2.50 bits per heavy atom. The van der Waals surface area contributed by atoms with Gasteiger partial charge in [0, 0.05) is 9.13 Å². The van der Waals surface area contributed by atoms with E-state index in [0.717, 1.165) is 9.13 Å². The van der Waals surface area contributed by atoms with Gasteiger partial charge < -0.3 is 19.9 Å². The number of carboxylic acid groups (broad SMARTS) is 1. The maximum Gasteiger partial charge on any atom is 0.352 e. The number of methoxy groups -OCH3 is 1. The number of carbonyl (C=O) groups excluding carboxylic acids is 1. The number of ether oxygens (including phenoxy) is 2. The van der Waals surface area contributed by atoms with Crippen LogP contribution in [-0.2, 0) is 11.4 Å². The van der Waals surface area contributed by atoms with Crippen LogP contribution in [0.3, 0.4) is 0 Å². The minimum absolute atomic E-state index is 0.264. The van der Waals surface area contributed by atoms with Gasteiger partial charge in [-0.3, -0.25) is 4.79 Å². The quantitative estimate of drug-likeness (QED) is 0.261. The van der Waals surface area contributed by atoms with E-state index in [1.165, 1.54) is 13.2 Å². The summed E-state index contributed by atoms with van der Waals surface area (Å²) in [4.78, 5) is 24.1. The lowest BCUT2D eigenvalue weighted by atomic mass is 10.1. The molecule has 0 unspecified atom stereocenters. The Kier molecular flexibility index (Phi) is 8.29. The van der Waals surface area contributed by atoms with E-state index in [9.17, 15) is 14.7 Å². The van der Waals surface area contributed by atoms with Crippen molar-refractivity contribution in [2.75, 3.05) is 7.11 Å². The topological polar surface area (TPSA) is 84.9 Å². The molecule has 0 radical (unpaired) electrons. The smallest absolute Gasteiger partial charge is 0.352 e. The number of aliphatic carboxylic acids is 1. The highest BCUT2D eigenvalue weighted by Crippen LogP contribution is 2.37. The fraction of sp³-hybridized carbons (Fsp3) is 0.0833. The van der Waals surface area contributed by atoms with Crippen LogP contribution < -0.4 is 14.8 Å². The molecule has 0 atom stereocenters. The molecule has 0 aliphatic rings. The Hall–Kier alpha value is -2.85. The van der Waals surface area contributed by atoms with E-state index in [1.807, 2.05) is 24.3 Å². The monoisotopic (exact) mass is 607 g/mol. The average Bonchev–Trinajstić information content (AvgIpc) is 2.78. The molecule has 3 aromatic rings. The molecule has 0 aromatic heterocycles. The standard InChI is InChI=1S/C24H19BrINO5/c1-31-21-13-16(11-19(25)22(21)32-14-15-6-5-9-18(26)10-15)12-20(24(29)30)27-23(28)17-7-3-2-4-8-17/h2-13H,14H2,1H3,(H,27,28)(H,29,30)/b20-12+. The van der Waals surface area contributed by atoms with Crippen molar-refractivity contribution < 1.29 is 24.2 Å². The predicted molar refractivity (Wildman–Crippen MR) is 134 cm³/mol. The first-order valence-electron chi connectivity index (χ1n) is 9.43. The van der Waals surface area contributed by atoms with E-state index in [2.05, 4.69) is 43.8 Å². The van der Waals surface area contributed by atoms with Crippen molar-refractivity contribution in [2.45, 2.75) is 6.61 Å². The molecular weight excluding hydrogens is 589 g/mol. The van der Waals surface area contributed by atoms with E-state index < -0.39 is 11.9 Å². The third-order valence-electron chi connectivity index (χ3n) is 4.35. The number of carboxylic acids is 1. The number of hydrogen-bond acceptors (Lipinski definition) is 4. The maximum absolute atomic E-state index is 12.4. The minimum atomic E-state index is -1.26. The van der Waals surface area contributed by atoms with Crippen LogP contribution in [0.15, 0.2) is 76.9 Å². The molecular formula is C24H19BrINO5. The van der Waals surface area contributed by atoms with Gasteiger partial charge in [0.15, 0.2) is 11.5 Å². The van der Waals surface area contributed by atoms with Gasteiger partial charge in [0.2, 0.25) is 0 Å². The minimum Gasteiger partial charge on any atom is -0.493 e. The van der Waals surface area contributed by atoms with Crippen LogP contribution in [0.2, 0.25) is 0 Å². The van der Waals surface area contributed by atoms with Gasteiger partial charge in [-0.1, -0.05) is 30.3 Å². The van der Waals surface area contributed by atoms with Gasteiger partial charge in [0.25, 0.3) is 5.91 Å². The van der Waals surface area contributed by atoms with Crippen molar-refractivity contribution in [3.63, 3.8) is 0 Å². The molecule has 164 valence electrons. The molecule has 0 saturated heterocycles. The Morgan fingerprint density at radius 2 is 1.84 bits per heavy atom. The van der Waals surface area contributed by atoms with Crippen molar-refractivity contribution in [1.29, 1.82) is 0 Å². The molecule has 0 aliphatic carbocycles. The third-order valence-corrected chi connectivity index (χ3v) is 5.61.